The van der Waals surface area contributed by atoms with Crippen LogP contribution in [-0.2, 0) is 0 Å². The summed E-state index contributed by atoms with van der Waals surface area (Å²) in [6.07, 6.45) is 1.47. The standard InChI is InChI=1S/C17H19N3O2/c1-12(2)19-16(21)15-11-13(9-10-18-15)17(22)20(3)14-7-5-4-6-8-14/h4-12H,1-3H3,(H,19,21). The number of benzene rings is 1. The van der Waals surface area contributed by atoms with Gasteiger partial charge in [0.1, 0.15) is 5.69 Å². The average Bonchev–Trinajstić information content (AvgIpc) is 2.54. The molecule has 114 valence electrons. The SMILES string of the molecule is CC(C)NC(=O)c1cc(C(=O)N(C)c2ccccc2)ccn1. The van der Waals surface area contributed by atoms with Crippen molar-refractivity contribution < 1.29 is 9.59 Å². The Hall–Kier alpha value is -2.69. The summed E-state index contributed by atoms with van der Waals surface area (Å²) in [6, 6.07) is 12.5. The number of nitrogens with zero attached hydrogens (tertiary/aromatic N) is 2. The third kappa shape index (κ3) is 3.69. The van der Waals surface area contributed by atoms with Crippen molar-refractivity contribution in [2.45, 2.75) is 19.9 Å². The number of rotatable bonds is 4. The predicted molar refractivity (Wildman–Crippen MR) is 86.0 cm³/mol. The van der Waals surface area contributed by atoms with E-state index in [1.165, 1.54) is 12.3 Å². The van der Waals surface area contributed by atoms with E-state index < -0.39 is 0 Å². The molecule has 2 amide bonds. The molecule has 22 heavy (non-hydrogen) atoms. The summed E-state index contributed by atoms with van der Waals surface area (Å²) in [5.74, 6) is -0.473. The molecule has 0 aliphatic rings. The molecule has 0 saturated heterocycles. The number of para-hydroxylation sites is 1. The summed E-state index contributed by atoms with van der Waals surface area (Å²) in [4.78, 5) is 30.0. The fourth-order valence-corrected chi connectivity index (χ4v) is 1.99. The Morgan fingerprint density at radius 2 is 1.82 bits per heavy atom. The van der Waals surface area contributed by atoms with Crippen LogP contribution in [0.2, 0.25) is 0 Å². The largest absolute Gasteiger partial charge is 0.349 e. The van der Waals surface area contributed by atoms with Crippen LogP contribution < -0.4 is 10.2 Å². The molecule has 1 N–H and O–H groups in total. The lowest BCUT2D eigenvalue weighted by molar-refractivity contribution is 0.0938. The highest BCUT2D eigenvalue weighted by Gasteiger charge is 2.16. The number of hydrogen-bond acceptors (Lipinski definition) is 3. The quantitative estimate of drug-likeness (QED) is 0.943. The molecule has 1 heterocycles. The minimum absolute atomic E-state index is 0.0145. The first-order valence-electron chi connectivity index (χ1n) is 7.09. The molecule has 2 aromatic rings. The van der Waals surface area contributed by atoms with Crippen LogP contribution in [0, 0.1) is 0 Å². The molecule has 0 spiro atoms. The predicted octanol–water partition coefficient (Wildman–Crippen LogP) is 2.50. The summed E-state index contributed by atoms with van der Waals surface area (Å²) in [5.41, 5.74) is 1.45. The highest BCUT2D eigenvalue weighted by Crippen LogP contribution is 2.15. The number of aromatic nitrogens is 1. The third-order valence-corrected chi connectivity index (χ3v) is 3.11. The van der Waals surface area contributed by atoms with Gasteiger partial charge in [-0.25, -0.2) is 0 Å². The summed E-state index contributed by atoms with van der Waals surface area (Å²) < 4.78 is 0. The second-order valence-electron chi connectivity index (χ2n) is 5.26. The van der Waals surface area contributed by atoms with Crippen LogP contribution in [-0.4, -0.2) is 29.9 Å². The maximum atomic E-state index is 12.5. The number of anilines is 1. The minimum atomic E-state index is -0.285. The van der Waals surface area contributed by atoms with Gasteiger partial charge >= 0.3 is 0 Å². The van der Waals surface area contributed by atoms with E-state index in [0.717, 1.165) is 5.69 Å². The smallest absolute Gasteiger partial charge is 0.270 e. The Morgan fingerprint density at radius 3 is 2.45 bits per heavy atom. The van der Waals surface area contributed by atoms with Gasteiger partial charge in [0.15, 0.2) is 0 Å². The van der Waals surface area contributed by atoms with Crippen LogP contribution >= 0.6 is 0 Å². The Balaban J connectivity index is 2.22. The van der Waals surface area contributed by atoms with E-state index in [9.17, 15) is 9.59 Å². The van der Waals surface area contributed by atoms with Gasteiger partial charge in [-0.2, -0.15) is 0 Å². The van der Waals surface area contributed by atoms with Crippen molar-refractivity contribution in [1.29, 1.82) is 0 Å². The van der Waals surface area contributed by atoms with Gasteiger partial charge in [0.2, 0.25) is 0 Å². The lowest BCUT2D eigenvalue weighted by atomic mass is 10.2. The van der Waals surface area contributed by atoms with Gasteiger partial charge in [-0.1, -0.05) is 18.2 Å². The summed E-state index contributed by atoms with van der Waals surface area (Å²) in [7, 11) is 1.70. The second kappa shape index (κ2) is 6.85. The lowest BCUT2D eigenvalue weighted by Crippen LogP contribution is -2.31. The molecule has 0 atom stereocenters. The zero-order chi connectivity index (χ0) is 16.1. The maximum Gasteiger partial charge on any atom is 0.270 e. The molecule has 0 saturated carbocycles. The first kappa shape index (κ1) is 15.7. The molecule has 1 aromatic carbocycles. The van der Waals surface area contributed by atoms with E-state index in [2.05, 4.69) is 10.3 Å². The van der Waals surface area contributed by atoms with Crippen molar-refractivity contribution in [2.75, 3.05) is 11.9 Å². The van der Waals surface area contributed by atoms with Crippen molar-refractivity contribution in [2.24, 2.45) is 0 Å². The van der Waals surface area contributed by atoms with E-state index >= 15 is 0 Å². The average molecular weight is 297 g/mol. The van der Waals surface area contributed by atoms with Crippen LogP contribution in [0.1, 0.15) is 34.7 Å². The Morgan fingerprint density at radius 1 is 1.14 bits per heavy atom. The lowest BCUT2D eigenvalue weighted by Gasteiger charge is -2.17. The third-order valence-electron chi connectivity index (χ3n) is 3.11. The number of amides is 2. The highest BCUT2D eigenvalue weighted by atomic mass is 16.2. The Labute approximate surface area is 130 Å². The van der Waals surface area contributed by atoms with E-state index in [4.69, 9.17) is 0 Å². The molecule has 0 aliphatic carbocycles. The molecule has 0 unspecified atom stereocenters. The van der Waals surface area contributed by atoms with Crippen molar-refractivity contribution in [3.63, 3.8) is 0 Å². The van der Waals surface area contributed by atoms with Gasteiger partial charge in [-0.15, -0.1) is 0 Å². The van der Waals surface area contributed by atoms with Crippen molar-refractivity contribution >= 4 is 17.5 Å². The van der Waals surface area contributed by atoms with Gasteiger partial charge < -0.3 is 10.2 Å². The molecule has 1 aromatic heterocycles. The fourth-order valence-electron chi connectivity index (χ4n) is 1.99. The topological polar surface area (TPSA) is 62.3 Å². The molecule has 0 fully saturated rings. The number of carbonyl (C=O) groups is 2. The second-order valence-corrected chi connectivity index (χ2v) is 5.26. The normalized spacial score (nSPS) is 10.4. The molecule has 5 heteroatoms. The maximum absolute atomic E-state index is 12.5. The summed E-state index contributed by atoms with van der Waals surface area (Å²) in [5, 5.41) is 2.76. The number of nitrogens with one attached hydrogen (secondary N) is 1. The van der Waals surface area contributed by atoms with Gasteiger partial charge in [0, 0.05) is 30.5 Å². The van der Waals surface area contributed by atoms with E-state index in [0.29, 0.717) is 5.56 Å². The van der Waals surface area contributed by atoms with Gasteiger partial charge in [-0.05, 0) is 38.1 Å². The molecule has 0 bridgehead atoms. The van der Waals surface area contributed by atoms with E-state index in [1.54, 1.807) is 18.0 Å². The van der Waals surface area contributed by atoms with Gasteiger partial charge in [0.25, 0.3) is 11.8 Å². The van der Waals surface area contributed by atoms with Crippen LogP contribution in [0.25, 0.3) is 0 Å². The number of carbonyl (C=O) groups excluding carboxylic acids is 2. The van der Waals surface area contributed by atoms with E-state index in [-0.39, 0.29) is 23.6 Å². The summed E-state index contributed by atoms with van der Waals surface area (Å²) >= 11 is 0. The van der Waals surface area contributed by atoms with Gasteiger partial charge in [0.05, 0.1) is 0 Å². The zero-order valence-corrected chi connectivity index (χ0v) is 12.9. The van der Waals surface area contributed by atoms with Crippen LogP contribution in [0.15, 0.2) is 48.7 Å². The van der Waals surface area contributed by atoms with Crippen LogP contribution in [0.3, 0.4) is 0 Å². The fraction of sp³-hybridized carbons (Fsp3) is 0.235. The first-order chi connectivity index (χ1) is 10.5. The Bertz CT molecular complexity index is 669. The minimum Gasteiger partial charge on any atom is -0.349 e. The van der Waals surface area contributed by atoms with Crippen molar-refractivity contribution in [3.8, 4) is 0 Å². The van der Waals surface area contributed by atoms with Crippen LogP contribution in [0.5, 0.6) is 0 Å². The highest BCUT2D eigenvalue weighted by molar-refractivity contribution is 6.06. The molecular formula is C17H19N3O2. The van der Waals surface area contributed by atoms with Crippen LogP contribution in [0.4, 0.5) is 5.69 Å². The molecule has 2 rings (SSSR count). The number of pyridine rings is 1. The molecular weight excluding hydrogens is 278 g/mol. The van der Waals surface area contributed by atoms with Crippen molar-refractivity contribution in [1.82, 2.24) is 10.3 Å². The molecule has 0 aliphatic heterocycles. The van der Waals surface area contributed by atoms with E-state index in [1.807, 2.05) is 44.2 Å². The number of hydrogen-bond donors (Lipinski definition) is 1. The molecule has 5 nitrogen and oxygen atoms in total. The van der Waals surface area contributed by atoms with Crippen molar-refractivity contribution in [3.05, 3.63) is 59.9 Å². The van der Waals surface area contributed by atoms with Gasteiger partial charge in [-0.3, -0.25) is 14.6 Å². The zero-order valence-electron chi connectivity index (χ0n) is 12.9. The summed E-state index contributed by atoms with van der Waals surface area (Å²) in [6.45, 7) is 3.74. The Kier molecular flexibility index (Phi) is 4.88. The molecule has 0 radical (unpaired) electrons. The first-order valence-corrected chi connectivity index (χ1v) is 7.09. The monoisotopic (exact) mass is 297 g/mol.